The predicted molar refractivity (Wildman–Crippen MR) is 62.9 cm³/mol. The topological polar surface area (TPSA) is 20.2 Å². The van der Waals surface area contributed by atoms with Gasteiger partial charge >= 0.3 is 0 Å². The van der Waals surface area contributed by atoms with Gasteiger partial charge in [-0.2, -0.15) is 0 Å². The zero-order chi connectivity index (χ0) is 11.0. The molecule has 0 amide bonds. The summed E-state index contributed by atoms with van der Waals surface area (Å²) in [6, 6.07) is 6.48. The van der Waals surface area contributed by atoms with E-state index in [0.29, 0.717) is 5.92 Å². The molecule has 1 aliphatic carbocycles. The van der Waals surface area contributed by atoms with Crippen LogP contribution in [0, 0.1) is 25.7 Å². The van der Waals surface area contributed by atoms with Crippen LogP contribution in [0.2, 0.25) is 0 Å². The molecule has 15 heavy (non-hydrogen) atoms. The molecule has 2 rings (SSSR count). The quantitative estimate of drug-likeness (QED) is 0.802. The van der Waals surface area contributed by atoms with Crippen LogP contribution in [0.25, 0.3) is 0 Å². The zero-order valence-electron chi connectivity index (χ0n) is 9.83. The molecule has 1 fully saturated rings. The zero-order valence-corrected chi connectivity index (χ0v) is 9.83. The summed E-state index contributed by atoms with van der Waals surface area (Å²) in [6.45, 7) is 6.45. The van der Waals surface area contributed by atoms with Gasteiger partial charge in [-0.3, -0.25) is 0 Å². The molecule has 1 nitrogen and oxygen atoms in total. The molecule has 3 unspecified atom stereocenters. The minimum absolute atomic E-state index is 0.138. The van der Waals surface area contributed by atoms with Crippen molar-refractivity contribution in [3.8, 4) is 0 Å². The second kappa shape index (κ2) is 3.97. The third kappa shape index (κ3) is 2.40. The fourth-order valence-electron chi connectivity index (χ4n) is 2.28. The largest absolute Gasteiger partial charge is 0.392 e. The Morgan fingerprint density at radius 3 is 2.67 bits per heavy atom. The van der Waals surface area contributed by atoms with Crippen molar-refractivity contribution in [1.29, 1.82) is 0 Å². The van der Waals surface area contributed by atoms with Crippen molar-refractivity contribution in [2.45, 2.75) is 39.7 Å². The van der Waals surface area contributed by atoms with Crippen molar-refractivity contribution in [2.75, 3.05) is 0 Å². The first-order chi connectivity index (χ1) is 7.08. The molecule has 0 aromatic heterocycles. The maximum absolute atomic E-state index is 10.0. The fraction of sp³-hybridized carbons (Fsp3) is 0.571. The van der Waals surface area contributed by atoms with Gasteiger partial charge in [0.15, 0.2) is 0 Å². The van der Waals surface area contributed by atoms with Gasteiger partial charge in [0.05, 0.1) is 6.10 Å². The lowest BCUT2D eigenvalue weighted by Gasteiger charge is -2.12. The van der Waals surface area contributed by atoms with Crippen LogP contribution in [0.1, 0.15) is 30.0 Å². The number of aryl methyl sites for hydroxylation is 2. The van der Waals surface area contributed by atoms with Crippen molar-refractivity contribution in [3.05, 3.63) is 34.9 Å². The van der Waals surface area contributed by atoms with E-state index in [1.54, 1.807) is 0 Å². The van der Waals surface area contributed by atoms with Crippen molar-refractivity contribution in [2.24, 2.45) is 11.8 Å². The Balaban J connectivity index is 2.06. The second-order valence-corrected chi connectivity index (χ2v) is 5.08. The lowest BCUT2D eigenvalue weighted by molar-refractivity contribution is 0.146. The van der Waals surface area contributed by atoms with Crippen LogP contribution in [-0.2, 0) is 6.42 Å². The molecule has 0 bridgehead atoms. The summed E-state index contributed by atoms with van der Waals surface area (Å²) in [4.78, 5) is 0. The Morgan fingerprint density at radius 1 is 1.40 bits per heavy atom. The molecule has 1 aliphatic rings. The highest BCUT2D eigenvalue weighted by molar-refractivity contribution is 5.31. The van der Waals surface area contributed by atoms with Gasteiger partial charge in [0.1, 0.15) is 0 Å². The average Bonchev–Trinajstić information content (AvgIpc) is 2.89. The van der Waals surface area contributed by atoms with Crippen molar-refractivity contribution < 1.29 is 5.11 Å². The highest BCUT2D eigenvalue weighted by Gasteiger charge is 2.38. The van der Waals surface area contributed by atoms with E-state index < -0.39 is 0 Å². The second-order valence-electron chi connectivity index (χ2n) is 5.08. The first-order valence-corrected chi connectivity index (χ1v) is 5.82. The highest BCUT2D eigenvalue weighted by Crippen LogP contribution is 2.41. The summed E-state index contributed by atoms with van der Waals surface area (Å²) in [5.74, 6) is 1.27. The minimum Gasteiger partial charge on any atom is -0.392 e. The monoisotopic (exact) mass is 204 g/mol. The van der Waals surface area contributed by atoms with Gasteiger partial charge in [0.25, 0.3) is 0 Å². The number of rotatable bonds is 3. The third-order valence-corrected chi connectivity index (χ3v) is 3.60. The lowest BCUT2D eigenvalue weighted by Crippen LogP contribution is -2.14. The Labute approximate surface area is 92.1 Å². The molecule has 1 saturated carbocycles. The van der Waals surface area contributed by atoms with Crippen LogP contribution in [0.15, 0.2) is 18.2 Å². The molecule has 1 aromatic rings. The summed E-state index contributed by atoms with van der Waals surface area (Å²) < 4.78 is 0. The number of aliphatic hydroxyl groups is 1. The van der Waals surface area contributed by atoms with Crippen LogP contribution in [0.3, 0.4) is 0 Å². The van der Waals surface area contributed by atoms with Gasteiger partial charge < -0.3 is 5.11 Å². The first-order valence-electron chi connectivity index (χ1n) is 5.82. The molecule has 0 saturated heterocycles. The summed E-state index contributed by atoms with van der Waals surface area (Å²) >= 11 is 0. The summed E-state index contributed by atoms with van der Waals surface area (Å²) in [5.41, 5.74) is 3.89. The SMILES string of the molecule is Cc1ccc(C)c(CC(O)C2CC2C)c1. The molecular formula is C14H20O. The van der Waals surface area contributed by atoms with Gasteiger partial charge in [0, 0.05) is 0 Å². The average molecular weight is 204 g/mol. The molecule has 0 aliphatic heterocycles. The van der Waals surface area contributed by atoms with Gasteiger partial charge in [-0.05, 0) is 49.7 Å². The standard InChI is InChI=1S/C14H20O/c1-9-4-5-10(2)12(6-9)8-14(15)13-7-11(13)3/h4-6,11,13-15H,7-8H2,1-3H3. The van der Waals surface area contributed by atoms with Gasteiger partial charge in [-0.25, -0.2) is 0 Å². The van der Waals surface area contributed by atoms with E-state index in [0.717, 1.165) is 12.3 Å². The van der Waals surface area contributed by atoms with Gasteiger partial charge in [-0.15, -0.1) is 0 Å². The van der Waals surface area contributed by atoms with E-state index >= 15 is 0 Å². The fourth-order valence-corrected chi connectivity index (χ4v) is 2.28. The number of aliphatic hydroxyl groups excluding tert-OH is 1. The molecular weight excluding hydrogens is 184 g/mol. The van der Waals surface area contributed by atoms with E-state index in [4.69, 9.17) is 0 Å². The molecule has 1 N–H and O–H groups in total. The smallest absolute Gasteiger partial charge is 0.0611 e. The third-order valence-electron chi connectivity index (χ3n) is 3.60. The Kier molecular flexibility index (Phi) is 2.83. The van der Waals surface area contributed by atoms with Crippen LogP contribution < -0.4 is 0 Å². The molecule has 0 radical (unpaired) electrons. The van der Waals surface area contributed by atoms with Gasteiger partial charge in [0.2, 0.25) is 0 Å². The van der Waals surface area contributed by atoms with E-state index in [9.17, 15) is 5.11 Å². The molecule has 1 heteroatoms. The molecule has 82 valence electrons. The van der Waals surface area contributed by atoms with E-state index in [1.165, 1.54) is 23.1 Å². The van der Waals surface area contributed by atoms with Crippen LogP contribution in [0.5, 0.6) is 0 Å². The van der Waals surface area contributed by atoms with E-state index in [-0.39, 0.29) is 6.10 Å². The summed E-state index contributed by atoms with van der Waals surface area (Å²) in [5, 5.41) is 10.0. The van der Waals surface area contributed by atoms with Crippen molar-refractivity contribution >= 4 is 0 Å². The molecule has 0 spiro atoms. The van der Waals surface area contributed by atoms with Crippen LogP contribution >= 0.6 is 0 Å². The number of hydrogen-bond donors (Lipinski definition) is 1. The summed E-state index contributed by atoms with van der Waals surface area (Å²) in [6.07, 6.45) is 1.88. The highest BCUT2D eigenvalue weighted by atomic mass is 16.3. The first kappa shape index (κ1) is 10.7. The maximum atomic E-state index is 10.0. The Hall–Kier alpha value is -0.820. The van der Waals surface area contributed by atoms with Crippen LogP contribution in [0.4, 0.5) is 0 Å². The molecule has 0 heterocycles. The van der Waals surface area contributed by atoms with Gasteiger partial charge in [-0.1, -0.05) is 30.7 Å². The maximum Gasteiger partial charge on any atom is 0.0611 e. The van der Waals surface area contributed by atoms with E-state index in [1.807, 2.05) is 0 Å². The molecule has 3 atom stereocenters. The summed E-state index contributed by atoms with van der Waals surface area (Å²) in [7, 11) is 0. The number of benzene rings is 1. The lowest BCUT2D eigenvalue weighted by atomic mass is 9.98. The minimum atomic E-state index is -0.138. The predicted octanol–water partition coefficient (Wildman–Crippen LogP) is 2.86. The number of hydrogen-bond acceptors (Lipinski definition) is 1. The van der Waals surface area contributed by atoms with Crippen molar-refractivity contribution in [1.82, 2.24) is 0 Å². The van der Waals surface area contributed by atoms with Crippen LogP contribution in [-0.4, -0.2) is 11.2 Å². The van der Waals surface area contributed by atoms with E-state index in [2.05, 4.69) is 39.0 Å². The normalized spacial score (nSPS) is 26.4. The Morgan fingerprint density at radius 2 is 2.07 bits per heavy atom. The molecule has 1 aromatic carbocycles. The Bertz CT molecular complexity index is 356. The van der Waals surface area contributed by atoms with Crippen molar-refractivity contribution in [3.63, 3.8) is 0 Å².